The van der Waals surface area contributed by atoms with Gasteiger partial charge in [-0.25, -0.2) is 4.79 Å². The number of furan rings is 1. The molecule has 0 aromatic carbocycles. The summed E-state index contributed by atoms with van der Waals surface area (Å²) < 4.78 is 9.98. The summed E-state index contributed by atoms with van der Waals surface area (Å²) in [7, 11) is 0. The number of hydrogen-bond acceptors (Lipinski definition) is 6. The normalized spacial score (nSPS) is 24.2. The Morgan fingerprint density at radius 1 is 1.38 bits per heavy atom. The maximum Gasteiger partial charge on any atom is 0.433 e. The minimum atomic E-state index is -0.928. The average Bonchev–Trinajstić information content (AvgIpc) is 3.06. The van der Waals surface area contributed by atoms with Crippen LogP contribution in [0, 0.1) is 22.0 Å². The van der Waals surface area contributed by atoms with Crippen LogP contribution in [-0.2, 0) is 14.3 Å². The molecule has 1 aliphatic rings. The molecule has 8 nitrogen and oxygen atoms in total. The van der Waals surface area contributed by atoms with Gasteiger partial charge in [-0.1, -0.05) is 26.7 Å². The number of rotatable bonds is 6. The molecule has 1 fully saturated rings. The number of amides is 1. The largest absolute Gasteiger partial charge is 0.449 e. The molecule has 26 heavy (non-hydrogen) atoms. The van der Waals surface area contributed by atoms with Gasteiger partial charge in [0, 0.05) is 12.1 Å². The summed E-state index contributed by atoms with van der Waals surface area (Å²) in [5, 5.41) is 13.5. The molecule has 1 aliphatic carbocycles. The molecule has 8 heteroatoms. The summed E-state index contributed by atoms with van der Waals surface area (Å²) in [6, 6.07) is 2.64. The molecular formula is C18H24N2O6. The van der Waals surface area contributed by atoms with E-state index in [2.05, 4.69) is 19.2 Å². The van der Waals surface area contributed by atoms with E-state index in [-0.39, 0.29) is 17.7 Å². The van der Waals surface area contributed by atoms with Crippen molar-refractivity contribution in [1.82, 2.24) is 5.32 Å². The molecule has 1 aromatic heterocycles. The molecule has 0 saturated heterocycles. The standard InChI is InChI=1S/C18H24N2O6/c1-11-5-4-6-15(12(11)2)19-18(22)13(3)25-17(21)10-8-14-7-9-16(26-14)20(23)24/h7-13,15H,4-6H2,1-3H3,(H,19,22)/b10-8+/t11-,12-,13-,15-/m1/s1. The van der Waals surface area contributed by atoms with Gasteiger partial charge < -0.3 is 14.5 Å². The highest BCUT2D eigenvalue weighted by atomic mass is 16.6. The molecule has 4 atom stereocenters. The molecule has 0 unspecified atom stereocenters. The Kier molecular flexibility index (Phi) is 6.54. The number of ether oxygens (including phenoxy) is 1. The molecule has 1 N–H and O–H groups in total. The molecule has 142 valence electrons. The van der Waals surface area contributed by atoms with Gasteiger partial charge in [0.25, 0.3) is 5.91 Å². The number of nitro groups is 1. The van der Waals surface area contributed by atoms with E-state index in [1.165, 1.54) is 25.1 Å². The fraction of sp³-hybridized carbons (Fsp3) is 0.556. The first kappa shape index (κ1) is 19.7. The van der Waals surface area contributed by atoms with E-state index in [1.807, 2.05) is 0 Å². The lowest BCUT2D eigenvalue weighted by Crippen LogP contribution is -2.47. The summed E-state index contributed by atoms with van der Waals surface area (Å²) >= 11 is 0. The van der Waals surface area contributed by atoms with E-state index < -0.39 is 22.9 Å². The lowest BCUT2D eigenvalue weighted by atomic mass is 9.78. The third-order valence-corrected chi connectivity index (χ3v) is 4.87. The number of carbonyl (C=O) groups is 2. The van der Waals surface area contributed by atoms with Gasteiger partial charge in [0.05, 0.1) is 6.07 Å². The third-order valence-electron chi connectivity index (χ3n) is 4.87. The van der Waals surface area contributed by atoms with Crippen LogP contribution in [0.4, 0.5) is 5.88 Å². The fourth-order valence-corrected chi connectivity index (χ4v) is 3.03. The van der Waals surface area contributed by atoms with Crippen LogP contribution in [0.5, 0.6) is 0 Å². The molecule has 0 spiro atoms. The van der Waals surface area contributed by atoms with Crippen molar-refractivity contribution < 1.29 is 23.7 Å². The van der Waals surface area contributed by atoms with Crippen LogP contribution in [0.15, 0.2) is 22.6 Å². The number of carbonyl (C=O) groups excluding carboxylic acids is 2. The maximum atomic E-state index is 12.2. The highest BCUT2D eigenvalue weighted by Gasteiger charge is 2.29. The van der Waals surface area contributed by atoms with Crippen LogP contribution in [0.1, 0.15) is 45.8 Å². The van der Waals surface area contributed by atoms with Gasteiger partial charge in [-0.05, 0) is 37.3 Å². The second-order valence-corrected chi connectivity index (χ2v) is 6.73. The van der Waals surface area contributed by atoms with E-state index in [1.54, 1.807) is 0 Å². The quantitative estimate of drug-likeness (QED) is 0.359. The number of esters is 1. The van der Waals surface area contributed by atoms with E-state index in [9.17, 15) is 19.7 Å². The molecular weight excluding hydrogens is 340 g/mol. The smallest absolute Gasteiger partial charge is 0.433 e. The monoisotopic (exact) mass is 364 g/mol. The topological polar surface area (TPSA) is 112 Å². The van der Waals surface area contributed by atoms with Crippen molar-refractivity contribution in [2.75, 3.05) is 0 Å². The minimum Gasteiger partial charge on any atom is -0.449 e. The first-order valence-electron chi connectivity index (χ1n) is 8.71. The highest BCUT2D eigenvalue weighted by Crippen LogP contribution is 2.29. The van der Waals surface area contributed by atoms with Gasteiger partial charge in [0.15, 0.2) is 6.10 Å². The summed E-state index contributed by atoms with van der Waals surface area (Å²) in [5.41, 5.74) is 0. The Hall–Kier alpha value is -2.64. The lowest BCUT2D eigenvalue weighted by molar-refractivity contribution is -0.402. The SMILES string of the molecule is C[C@@H]1[C@H](C)CCC[C@H]1NC(=O)[C@@H](C)OC(=O)/C=C/c1ccc([N+](=O)[O-])o1. The Bertz CT molecular complexity index is 696. The predicted octanol–water partition coefficient (Wildman–Crippen LogP) is 3.07. The molecule has 1 aromatic rings. The maximum absolute atomic E-state index is 12.2. The molecule has 0 bridgehead atoms. The Balaban J connectivity index is 1.84. The minimum absolute atomic E-state index is 0.0895. The second kappa shape index (κ2) is 8.64. The van der Waals surface area contributed by atoms with Crippen molar-refractivity contribution in [2.45, 2.75) is 52.2 Å². The third kappa shape index (κ3) is 5.18. The van der Waals surface area contributed by atoms with Crippen molar-refractivity contribution in [3.05, 3.63) is 34.1 Å². The van der Waals surface area contributed by atoms with Crippen LogP contribution in [0.25, 0.3) is 6.08 Å². The van der Waals surface area contributed by atoms with Gasteiger partial charge in [0.1, 0.15) is 10.7 Å². The van der Waals surface area contributed by atoms with E-state index in [0.29, 0.717) is 11.8 Å². The van der Waals surface area contributed by atoms with E-state index in [4.69, 9.17) is 9.15 Å². The summed E-state index contributed by atoms with van der Waals surface area (Å²) in [6.07, 6.45) is 4.55. The van der Waals surface area contributed by atoms with Crippen LogP contribution < -0.4 is 5.32 Å². The summed E-state index contributed by atoms with van der Waals surface area (Å²) in [4.78, 5) is 33.9. The van der Waals surface area contributed by atoms with Gasteiger partial charge in [0.2, 0.25) is 0 Å². The van der Waals surface area contributed by atoms with Crippen molar-refractivity contribution >= 4 is 23.8 Å². The summed E-state index contributed by atoms with van der Waals surface area (Å²) in [5.74, 6) is -0.391. The number of nitrogens with zero attached hydrogens (tertiary/aromatic N) is 1. The number of nitrogens with one attached hydrogen (secondary N) is 1. The van der Waals surface area contributed by atoms with Gasteiger partial charge in [-0.3, -0.25) is 14.9 Å². The van der Waals surface area contributed by atoms with Gasteiger partial charge >= 0.3 is 11.9 Å². The Labute approximate surface area is 151 Å². The summed E-state index contributed by atoms with van der Waals surface area (Å²) in [6.45, 7) is 5.81. The Morgan fingerprint density at radius 2 is 2.12 bits per heavy atom. The highest BCUT2D eigenvalue weighted by molar-refractivity contribution is 5.90. The second-order valence-electron chi connectivity index (χ2n) is 6.73. The molecule has 0 radical (unpaired) electrons. The van der Waals surface area contributed by atoms with Crippen LogP contribution in [-0.4, -0.2) is 28.9 Å². The van der Waals surface area contributed by atoms with Crippen molar-refractivity contribution in [3.63, 3.8) is 0 Å². The predicted molar refractivity (Wildman–Crippen MR) is 94.1 cm³/mol. The fourth-order valence-electron chi connectivity index (χ4n) is 3.03. The first-order chi connectivity index (χ1) is 12.3. The van der Waals surface area contributed by atoms with Gasteiger partial charge in [-0.2, -0.15) is 0 Å². The Morgan fingerprint density at radius 3 is 2.77 bits per heavy atom. The van der Waals surface area contributed by atoms with Crippen LogP contribution >= 0.6 is 0 Å². The average molecular weight is 364 g/mol. The van der Waals surface area contributed by atoms with Crippen LogP contribution in [0.2, 0.25) is 0 Å². The first-order valence-corrected chi connectivity index (χ1v) is 8.71. The van der Waals surface area contributed by atoms with Crippen molar-refractivity contribution in [3.8, 4) is 0 Å². The van der Waals surface area contributed by atoms with Gasteiger partial charge in [-0.15, -0.1) is 0 Å². The number of hydrogen-bond donors (Lipinski definition) is 1. The molecule has 2 rings (SSSR count). The van der Waals surface area contributed by atoms with Crippen LogP contribution in [0.3, 0.4) is 0 Å². The molecule has 1 heterocycles. The van der Waals surface area contributed by atoms with E-state index >= 15 is 0 Å². The lowest BCUT2D eigenvalue weighted by Gasteiger charge is -2.35. The van der Waals surface area contributed by atoms with E-state index in [0.717, 1.165) is 25.3 Å². The zero-order valence-corrected chi connectivity index (χ0v) is 15.1. The molecule has 1 saturated carbocycles. The zero-order chi connectivity index (χ0) is 19.3. The van der Waals surface area contributed by atoms with Crippen molar-refractivity contribution in [1.29, 1.82) is 0 Å². The molecule has 1 amide bonds. The van der Waals surface area contributed by atoms with Crippen molar-refractivity contribution in [2.24, 2.45) is 11.8 Å². The zero-order valence-electron chi connectivity index (χ0n) is 15.1. The molecule has 0 aliphatic heterocycles.